The van der Waals surface area contributed by atoms with Crippen LogP contribution in [0.15, 0.2) is 65.7 Å². The van der Waals surface area contributed by atoms with Gasteiger partial charge in [0.2, 0.25) is 17.7 Å². The quantitative estimate of drug-likeness (QED) is 0.173. The largest absolute Gasteiger partial charge is 0.480 e. The van der Waals surface area contributed by atoms with Crippen LogP contribution in [-0.4, -0.2) is 128 Å². The number of rotatable bonds is 10. The Morgan fingerprint density at radius 1 is 0.831 bits per heavy atom. The number of imide groups is 2. The molecule has 0 saturated carbocycles. The van der Waals surface area contributed by atoms with Gasteiger partial charge in [0.05, 0.1) is 45.8 Å². The Kier molecular flexibility index (Phi) is 12.5. The van der Waals surface area contributed by atoms with Gasteiger partial charge in [0.15, 0.2) is 5.69 Å². The number of fused-ring (bicyclic) bond motifs is 2. The van der Waals surface area contributed by atoms with E-state index in [1.165, 1.54) is 41.1 Å². The zero-order valence-corrected chi connectivity index (χ0v) is 40.8. The van der Waals surface area contributed by atoms with E-state index >= 15 is 4.39 Å². The Hall–Kier alpha value is -6.96. The van der Waals surface area contributed by atoms with Gasteiger partial charge in [0.25, 0.3) is 29.2 Å². The Morgan fingerprint density at radius 3 is 2.18 bits per heavy atom. The fraction of sp³-hybridized carbons (Fsp3) is 0.380. The number of piperidine rings is 2. The number of halogens is 3. The van der Waals surface area contributed by atoms with Crippen LogP contribution in [-0.2, 0) is 16.6 Å². The van der Waals surface area contributed by atoms with Gasteiger partial charge in [-0.15, -0.1) is 0 Å². The Morgan fingerprint density at radius 2 is 1.52 bits per heavy atom. The Labute approximate surface area is 416 Å². The molecule has 8 heterocycles. The lowest BCUT2D eigenvalue weighted by molar-refractivity contribution is -0.136. The molecule has 5 aromatic rings. The molecule has 18 nitrogen and oxygen atoms in total. The van der Waals surface area contributed by atoms with Crippen molar-refractivity contribution in [2.45, 2.75) is 57.7 Å². The fourth-order valence-corrected chi connectivity index (χ4v) is 11.0. The molecule has 5 aliphatic heterocycles. The standard InChI is InChI=1S/C50H49Cl2FN10O8/c1-26(2)61-42-40(50(70)62(38-20-31(52)25-57(3)49(38)69)41(42)28-5-7-30(51)8-6-28)56-43(61)34-19-29(23-54-45(34)71-4)46(66)60-13-11-27(12-14-60)24-58-15-17-59(18-16-58)37-22-33-32(21-35(37)53)47(67)63(48(33)68)36-9-10-39(64)55-44(36)65/h5-8,19-23,25-27,36,41H,9-18,24H2,1-4H3,(H,55,64,65)/t36?,41-/m0/s1. The Balaban J connectivity index is 0.820. The lowest BCUT2D eigenvalue weighted by Gasteiger charge is -2.39. The topological polar surface area (TPSA) is 193 Å². The van der Waals surface area contributed by atoms with Gasteiger partial charge in [0.1, 0.15) is 29.4 Å². The number of piperazine rings is 1. The van der Waals surface area contributed by atoms with Crippen LogP contribution in [0.3, 0.4) is 0 Å². The molecular weight excluding hydrogens is 959 g/mol. The summed E-state index contributed by atoms with van der Waals surface area (Å²) in [5, 5.41) is 2.94. The molecule has 21 heteroatoms. The third-order valence-electron chi connectivity index (χ3n) is 14.1. The molecule has 3 aromatic heterocycles. The highest BCUT2D eigenvalue weighted by molar-refractivity contribution is 6.31. The molecule has 1 N–H and O–H groups in total. The van der Waals surface area contributed by atoms with Crippen molar-refractivity contribution < 1.29 is 37.9 Å². The molecule has 71 heavy (non-hydrogen) atoms. The van der Waals surface area contributed by atoms with Gasteiger partial charge in [-0.1, -0.05) is 35.3 Å². The maximum Gasteiger partial charge on any atom is 0.279 e. The van der Waals surface area contributed by atoms with Gasteiger partial charge in [-0.25, -0.2) is 14.4 Å². The minimum absolute atomic E-state index is 0.00948. The molecule has 6 amide bonds. The third kappa shape index (κ3) is 8.42. The van der Waals surface area contributed by atoms with Gasteiger partial charge in [0, 0.05) is 82.7 Å². The molecule has 10 rings (SSSR count). The molecule has 1 unspecified atom stereocenters. The second-order valence-electron chi connectivity index (χ2n) is 18.8. The van der Waals surface area contributed by atoms with Crippen molar-refractivity contribution in [3.05, 3.63) is 121 Å². The van der Waals surface area contributed by atoms with Crippen LogP contribution in [0.4, 0.5) is 15.8 Å². The maximum absolute atomic E-state index is 15.6. The number of ether oxygens (including phenoxy) is 1. The maximum atomic E-state index is 15.6. The highest BCUT2D eigenvalue weighted by Gasteiger charge is 2.47. The first-order valence-electron chi connectivity index (χ1n) is 23.5. The summed E-state index contributed by atoms with van der Waals surface area (Å²) in [4.78, 5) is 111. The van der Waals surface area contributed by atoms with Crippen molar-refractivity contribution in [1.29, 1.82) is 0 Å². The highest BCUT2D eigenvalue weighted by Crippen LogP contribution is 2.45. The number of likely N-dealkylation sites (tertiary alicyclic amines) is 1. The predicted octanol–water partition coefficient (Wildman–Crippen LogP) is 5.50. The molecule has 3 fully saturated rings. The number of aromatic nitrogens is 4. The van der Waals surface area contributed by atoms with Crippen molar-refractivity contribution in [2.75, 3.05) is 62.7 Å². The first-order valence-corrected chi connectivity index (χ1v) is 24.2. The fourth-order valence-electron chi connectivity index (χ4n) is 10.6. The zero-order valence-electron chi connectivity index (χ0n) is 39.3. The molecular formula is C50H49Cl2FN10O8. The summed E-state index contributed by atoms with van der Waals surface area (Å²) >= 11 is 12.8. The first kappa shape index (κ1) is 47.7. The number of amides is 6. The van der Waals surface area contributed by atoms with E-state index in [0.29, 0.717) is 78.4 Å². The van der Waals surface area contributed by atoms with Crippen molar-refractivity contribution in [2.24, 2.45) is 13.0 Å². The molecule has 0 radical (unpaired) electrons. The number of methoxy groups -OCH3 is 1. The SMILES string of the molecule is COc1ncc(C(=O)N2CCC(CN3CCN(c4cc5c(cc4F)C(=O)N(C4CCC(=O)NC4=O)C5=O)CC3)CC2)cc1-c1nc2c(n1C(C)C)[C@H](c1ccc(Cl)cc1)N(c1cc(Cl)cn(C)c1=O)C2=O. The van der Waals surface area contributed by atoms with E-state index in [0.717, 1.165) is 30.4 Å². The van der Waals surface area contributed by atoms with E-state index in [1.807, 2.05) is 28.2 Å². The average molecular weight is 1010 g/mol. The van der Waals surface area contributed by atoms with Gasteiger partial charge in [-0.05, 0) is 81.0 Å². The summed E-state index contributed by atoms with van der Waals surface area (Å²) in [5.41, 5.74) is 1.89. The minimum atomic E-state index is -1.14. The van der Waals surface area contributed by atoms with E-state index < -0.39 is 53.0 Å². The average Bonchev–Trinajstić information content (AvgIpc) is 3.96. The molecule has 3 saturated heterocycles. The summed E-state index contributed by atoms with van der Waals surface area (Å²) in [6.07, 6.45) is 4.47. The number of nitrogens with zero attached hydrogens (tertiary/aromatic N) is 9. The third-order valence-corrected chi connectivity index (χ3v) is 14.6. The van der Waals surface area contributed by atoms with E-state index in [2.05, 4.69) is 15.2 Å². The van der Waals surface area contributed by atoms with Gasteiger partial charge in [-0.3, -0.25) is 53.6 Å². The number of anilines is 2. The lowest BCUT2D eigenvalue weighted by atomic mass is 9.95. The number of hydrogen-bond donors (Lipinski definition) is 1. The second kappa shape index (κ2) is 18.7. The molecule has 5 aliphatic rings. The van der Waals surface area contributed by atoms with E-state index in [4.69, 9.17) is 32.9 Å². The summed E-state index contributed by atoms with van der Waals surface area (Å²) in [5.74, 6) is -3.12. The highest BCUT2D eigenvalue weighted by atomic mass is 35.5. The molecule has 0 bridgehead atoms. The number of imidazole rings is 1. The van der Waals surface area contributed by atoms with Crippen molar-refractivity contribution in [3.63, 3.8) is 0 Å². The van der Waals surface area contributed by atoms with Crippen LogP contribution in [0, 0.1) is 11.7 Å². The lowest BCUT2D eigenvalue weighted by Crippen LogP contribution is -2.54. The van der Waals surface area contributed by atoms with Crippen LogP contribution < -0.4 is 25.4 Å². The van der Waals surface area contributed by atoms with Gasteiger partial charge in [-0.2, -0.15) is 0 Å². The van der Waals surface area contributed by atoms with Crippen LogP contribution in [0.1, 0.15) is 104 Å². The number of benzene rings is 2. The summed E-state index contributed by atoms with van der Waals surface area (Å²) in [6, 6.07) is 10.5. The van der Waals surface area contributed by atoms with Crippen LogP contribution in [0.25, 0.3) is 11.4 Å². The van der Waals surface area contributed by atoms with Gasteiger partial charge >= 0.3 is 0 Å². The summed E-state index contributed by atoms with van der Waals surface area (Å²) < 4.78 is 24.6. The van der Waals surface area contributed by atoms with Crippen LogP contribution in [0.5, 0.6) is 5.88 Å². The monoisotopic (exact) mass is 1010 g/mol. The number of hydrogen-bond acceptors (Lipinski definition) is 12. The van der Waals surface area contributed by atoms with Crippen molar-refractivity contribution in [3.8, 4) is 17.3 Å². The summed E-state index contributed by atoms with van der Waals surface area (Å²) in [6.45, 7) is 7.94. The van der Waals surface area contributed by atoms with Gasteiger partial charge < -0.3 is 23.7 Å². The number of aryl methyl sites for hydroxylation is 1. The number of carbonyl (C=O) groups excluding carboxylic acids is 6. The minimum Gasteiger partial charge on any atom is -0.480 e. The van der Waals surface area contributed by atoms with Crippen molar-refractivity contribution in [1.82, 2.24) is 39.1 Å². The zero-order chi connectivity index (χ0) is 50.2. The first-order chi connectivity index (χ1) is 34.0. The van der Waals surface area contributed by atoms with Crippen LogP contribution >= 0.6 is 23.2 Å². The summed E-state index contributed by atoms with van der Waals surface area (Å²) in [7, 11) is 3.04. The smallest absolute Gasteiger partial charge is 0.279 e. The molecule has 2 aromatic carbocycles. The predicted molar refractivity (Wildman–Crippen MR) is 260 cm³/mol. The molecule has 0 spiro atoms. The van der Waals surface area contributed by atoms with Crippen LogP contribution in [0.2, 0.25) is 10.0 Å². The number of carbonyl (C=O) groups is 6. The Bertz CT molecular complexity index is 3120. The van der Waals surface area contributed by atoms with E-state index in [-0.39, 0.29) is 63.9 Å². The normalized spacial score (nSPS) is 19.8. The number of nitrogens with one attached hydrogen (secondary N) is 1. The van der Waals surface area contributed by atoms with E-state index in [9.17, 15) is 33.6 Å². The molecule has 368 valence electrons. The molecule has 0 aliphatic carbocycles. The molecule has 2 atom stereocenters. The van der Waals surface area contributed by atoms with Crippen molar-refractivity contribution >= 4 is 70.0 Å². The second-order valence-corrected chi connectivity index (χ2v) is 19.7. The number of pyridine rings is 2. The van der Waals surface area contributed by atoms with E-state index in [1.54, 1.807) is 37.4 Å².